The lowest BCUT2D eigenvalue weighted by atomic mass is 9.94. The molecule has 0 aliphatic rings. The lowest BCUT2D eigenvalue weighted by molar-refractivity contribution is -0.138. The van der Waals surface area contributed by atoms with Gasteiger partial charge in [-0.3, -0.25) is 4.79 Å². The van der Waals surface area contributed by atoms with Crippen LogP contribution in [0, 0.1) is 6.92 Å². The summed E-state index contributed by atoms with van der Waals surface area (Å²) in [5.74, 6) is -0.795. The van der Waals surface area contributed by atoms with E-state index in [0.717, 1.165) is 23.1 Å². The zero-order chi connectivity index (χ0) is 12.3. The SMILES string of the molecule is CCc1cc(O)cc(C)c1C[C@H](N)C(=O)O. The molecule has 88 valence electrons. The number of nitrogens with two attached hydrogens (primary N) is 1. The predicted molar refractivity (Wildman–Crippen MR) is 61.5 cm³/mol. The van der Waals surface area contributed by atoms with Crippen molar-refractivity contribution in [2.75, 3.05) is 0 Å². The molecular weight excluding hydrogens is 206 g/mol. The van der Waals surface area contributed by atoms with Gasteiger partial charge in [-0.05, 0) is 48.6 Å². The third kappa shape index (κ3) is 2.73. The normalized spacial score (nSPS) is 12.4. The number of carboxylic acid groups (broad SMARTS) is 1. The van der Waals surface area contributed by atoms with Gasteiger partial charge in [-0.25, -0.2) is 0 Å². The van der Waals surface area contributed by atoms with Crippen LogP contribution >= 0.6 is 0 Å². The van der Waals surface area contributed by atoms with E-state index in [2.05, 4.69) is 0 Å². The van der Waals surface area contributed by atoms with Crippen LogP contribution < -0.4 is 5.73 Å². The number of phenols is 1. The number of hydrogen-bond donors (Lipinski definition) is 3. The summed E-state index contributed by atoms with van der Waals surface area (Å²) in [5.41, 5.74) is 8.28. The quantitative estimate of drug-likeness (QED) is 0.716. The molecule has 4 heteroatoms. The van der Waals surface area contributed by atoms with E-state index < -0.39 is 12.0 Å². The van der Waals surface area contributed by atoms with Crippen LogP contribution in [0.15, 0.2) is 12.1 Å². The minimum atomic E-state index is -1.01. The number of aryl methyl sites for hydroxylation is 2. The molecule has 16 heavy (non-hydrogen) atoms. The number of aliphatic carboxylic acids is 1. The fourth-order valence-electron chi connectivity index (χ4n) is 1.78. The minimum absolute atomic E-state index is 0.210. The molecule has 4 nitrogen and oxygen atoms in total. The lowest BCUT2D eigenvalue weighted by Gasteiger charge is -2.14. The molecule has 0 fully saturated rings. The summed E-state index contributed by atoms with van der Waals surface area (Å²) in [7, 11) is 0. The second kappa shape index (κ2) is 4.99. The first-order valence-electron chi connectivity index (χ1n) is 5.25. The van der Waals surface area contributed by atoms with Gasteiger partial charge in [0.1, 0.15) is 11.8 Å². The fraction of sp³-hybridized carbons (Fsp3) is 0.417. The van der Waals surface area contributed by atoms with Crippen molar-refractivity contribution in [2.45, 2.75) is 32.7 Å². The molecule has 0 radical (unpaired) electrons. The van der Waals surface area contributed by atoms with Crippen molar-refractivity contribution >= 4 is 5.97 Å². The van der Waals surface area contributed by atoms with Gasteiger partial charge >= 0.3 is 5.97 Å². The predicted octanol–water partition coefficient (Wildman–Crippen LogP) is 1.22. The van der Waals surface area contributed by atoms with Gasteiger partial charge in [-0.2, -0.15) is 0 Å². The second-order valence-electron chi connectivity index (χ2n) is 3.90. The summed E-state index contributed by atoms with van der Waals surface area (Å²) in [6.45, 7) is 3.81. The number of rotatable bonds is 4. The lowest BCUT2D eigenvalue weighted by Crippen LogP contribution is -2.32. The smallest absolute Gasteiger partial charge is 0.320 e. The van der Waals surface area contributed by atoms with Gasteiger partial charge in [-0.1, -0.05) is 6.92 Å². The van der Waals surface area contributed by atoms with Crippen LogP contribution in [0.5, 0.6) is 5.75 Å². The molecule has 4 N–H and O–H groups in total. The Morgan fingerprint density at radius 3 is 2.62 bits per heavy atom. The van der Waals surface area contributed by atoms with Gasteiger partial charge in [0.15, 0.2) is 0 Å². The first kappa shape index (κ1) is 12.5. The molecule has 0 unspecified atom stereocenters. The van der Waals surface area contributed by atoms with Gasteiger partial charge in [0, 0.05) is 0 Å². The third-order valence-corrected chi connectivity index (χ3v) is 2.67. The standard InChI is InChI=1S/C12H17NO3/c1-3-8-5-9(14)4-7(2)10(8)6-11(13)12(15)16/h4-5,11,14H,3,6,13H2,1-2H3,(H,15,16)/t11-/m0/s1. The maximum Gasteiger partial charge on any atom is 0.320 e. The first-order valence-corrected chi connectivity index (χ1v) is 5.25. The molecule has 0 saturated heterocycles. The van der Waals surface area contributed by atoms with Crippen LogP contribution in [0.2, 0.25) is 0 Å². The molecule has 0 aromatic heterocycles. The van der Waals surface area contributed by atoms with Crippen LogP contribution in [0.3, 0.4) is 0 Å². The number of aromatic hydroxyl groups is 1. The van der Waals surface area contributed by atoms with E-state index in [9.17, 15) is 9.90 Å². The Kier molecular flexibility index (Phi) is 3.90. The number of carboxylic acids is 1. The van der Waals surface area contributed by atoms with Crippen molar-refractivity contribution in [3.8, 4) is 5.75 Å². The van der Waals surface area contributed by atoms with Gasteiger partial charge in [0.25, 0.3) is 0 Å². The Morgan fingerprint density at radius 1 is 1.50 bits per heavy atom. The number of phenolic OH excluding ortho intramolecular Hbond substituents is 1. The van der Waals surface area contributed by atoms with Crippen LogP contribution in [0.4, 0.5) is 0 Å². The second-order valence-corrected chi connectivity index (χ2v) is 3.90. The molecule has 0 bridgehead atoms. The van der Waals surface area contributed by atoms with Gasteiger partial charge in [0.2, 0.25) is 0 Å². The van der Waals surface area contributed by atoms with Crippen molar-refractivity contribution in [3.05, 3.63) is 28.8 Å². The van der Waals surface area contributed by atoms with Gasteiger partial charge in [0.05, 0.1) is 0 Å². The van der Waals surface area contributed by atoms with Gasteiger partial charge < -0.3 is 15.9 Å². The van der Waals surface area contributed by atoms with Crippen LogP contribution in [-0.4, -0.2) is 22.2 Å². The molecule has 0 amide bonds. The molecule has 1 rings (SSSR count). The van der Waals surface area contributed by atoms with E-state index >= 15 is 0 Å². The molecule has 0 saturated carbocycles. The van der Waals surface area contributed by atoms with E-state index in [-0.39, 0.29) is 5.75 Å². The summed E-state index contributed by atoms with van der Waals surface area (Å²) in [5, 5.41) is 18.2. The monoisotopic (exact) mass is 223 g/mol. The van der Waals surface area contributed by atoms with Crippen molar-refractivity contribution in [3.63, 3.8) is 0 Å². The molecule has 0 aliphatic heterocycles. The highest BCUT2D eigenvalue weighted by Crippen LogP contribution is 2.23. The molecular formula is C12H17NO3. The summed E-state index contributed by atoms with van der Waals surface area (Å²) >= 11 is 0. The Balaban J connectivity index is 3.07. The molecule has 0 spiro atoms. The Labute approximate surface area is 94.7 Å². The first-order chi connectivity index (χ1) is 7.45. The zero-order valence-electron chi connectivity index (χ0n) is 9.53. The van der Waals surface area contributed by atoms with Crippen LogP contribution in [-0.2, 0) is 17.6 Å². The van der Waals surface area contributed by atoms with E-state index in [1.807, 2.05) is 13.8 Å². The highest BCUT2D eigenvalue weighted by molar-refractivity contribution is 5.73. The summed E-state index contributed by atoms with van der Waals surface area (Å²) in [6, 6.07) is 2.40. The Hall–Kier alpha value is -1.55. The third-order valence-electron chi connectivity index (χ3n) is 2.67. The summed E-state index contributed by atoms with van der Waals surface area (Å²) in [6.07, 6.45) is 1.04. The number of carbonyl (C=O) groups is 1. The summed E-state index contributed by atoms with van der Waals surface area (Å²) < 4.78 is 0. The van der Waals surface area contributed by atoms with E-state index in [0.29, 0.717) is 6.42 Å². The summed E-state index contributed by atoms with van der Waals surface area (Å²) in [4.78, 5) is 10.7. The highest BCUT2D eigenvalue weighted by atomic mass is 16.4. The van der Waals surface area contributed by atoms with Gasteiger partial charge in [-0.15, -0.1) is 0 Å². The fourth-order valence-corrected chi connectivity index (χ4v) is 1.78. The van der Waals surface area contributed by atoms with Crippen molar-refractivity contribution < 1.29 is 15.0 Å². The molecule has 1 aromatic rings. The van der Waals surface area contributed by atoms with Crippen LogP contribution in [0.25, 0.3) is 0 Å². The Bertz CT molecular complexity index is 401. The van der Waals surface area contributed by atoms with Crippen molar-refractivity contribution in [1.82, 2.24) is 0 Å². The van der Waals surface area contributed by atoms with Crippen LogP contribution in [0.1, 0.15) is 23.6 Å². The van der Waals surface area contributed by atoms with E-state index in [1.54, 1.807) is 12.1 Å². The molecule has 0 aliphatic carbocycles. The van der Waals surface area contributed by atoms with E-state index in [1.165, 1.54) is 0 Å². The average Bonchev–Trinajstić information content (AvgIpc) is 2.21. The molecule has 1 aromatic carbocycles. The average molecular weight is 223 g/mol. The zero-order valence-corrected chi connectivity index (χ0v) is 9.53. The maximum absolute atomic E-state index is 10.7. The molecule has 0 heterocycles. The molecule has 1 atom stereocenters. The topological polar surface area (TPSA) is 83.5 Å². The van der Waals surface area contributed by atoms with E-state index in [4.69, 9.17) is 10.8 Å². The number of hydrogen-bond acceptors (Lipinski definition) is 3. The largest absolute Gasteiger partial charge is 0.508 e. The minimum Gasteiger partial charge on any atom is -0.508 e. The number of benzene rings is 1. The maximum atomic E-state index is 10.7. The highest BCUT2D eigenvalue weighted by Gasteiger charge is 2.16. The van der Waals surface area contributed by atoms with Crippen molar-refractivity contribution in [2.24, 2.45) is 5.73 Å². The van der Waals surface area contributed by atoms with Crippen molar-refractivity contribution in [1.29, 1.82) is 0 Å². The Morgan fingerprint density at radius 2 is 2.12 bits per heavy atom.